The van der Waals surface area contributed by atoms with Crippen LogP contribution >= 0.6 is 11.6 Å². The van der Waals surface area contributed by atoms with Gasteiger partial charge in [0.25, 0.3) is 0 Å². The summed E-state index contributed by atoms with van der Waals surface area (Å²) in [6.07, 6.45) is 3.89. The fraction of sp³-hybridized carbons (Fsp3) is 0.273. The molecule has 1 unspecified atom stereocenters. The standard InChI is InChI=1S/C22H26ClN5O/c1-2-24-22(26-16-21(29)18-6-8-19(23)9-7-18)25-14-12-17-4-10-20(11-5-17)28-15-3-13-27-28/h3-11,13,15,21,29H,2,12,14,16H2,1H3,(H2,24,25,26). The molecule has 0 spiro atoms. The second kappa shape index (κ2) is 10.6. The van der Waals surface area contributed by atoms with Crippen molar-refractivity contribution < 1.29 is 5.11 Å². The van der Waals surface area contributed by atoms with Gasteiger partial charge in [0.05, 0.1) is 18.3 Å². The van der Waals surface area contributed by atoms with Gasteiger partial charge in [-0.2, -0.15) is 5.10 Å². The van der Waals surface area contributed by atoms with Gasteiger partial charge in [0, 0.05) is 30.5 Å². The summed E-state index contributed by atoms with van der Waals surface area (Å²) in [6.45, 7) is 3.78. The highest BCUT2D eigenvalue weighted by atomic mass is 35.5. The van der Waals surface area contributed by atoms with Crippen molar-refractivity contribution in [2.75, 3.05) is 19.6 Å². The van der Waals surface area contributed by atoms with E-state index in [0.717, 1.165) is 30.8 Å². The molecule has 1 atom stereocenters. The first-order chi connectivity index (χ1) is 14.2. The predicted octanol–water partition coefficient (Wildman–Crippen LogP) is 3.36. The molecule has 7 heteroatoms. The van der Waals surface area contributed by atoms with Crippen LogP contribution in [0.1, 0.15) is 24.2 Å². The summed E-state index contributed by atoms with van der Waals surface area (Å²) in [4.78, 5) is 4.49. The summed E-state index contributed by atoms with van der Waals surface area (Å²) in [5, 5.41) is 21.7. The number of hydrogen-bond acceptors (Lipinski definition) is 3. The van der Waals surface area contributed by atoms with Crippen LogP contribution in [0.5, 0.6) is 0 Å². The molecule has 3 aromatic rings. The van der Waals surface area contributed by atoms with Gasteiger partial charge >= 0.3 is 0 Å². The van der Waals surface area contributed by atoms with Gasteiger partial charge in [-0.05, 0) is 54.8 Å². The quantitative estimate of drug-likeness (QED) is 0.392. The fourth-order valence-electron chi connectivity index (χ4n) is 2.87. The normalized spacial score (nSPS) is 12.6. The lowest BCUT2D eigenvalue weighted by Gasteiger charge is -2.13. The molecule has 0 radical (unpaired) electrons. The minimum absolute atomic E-state index is 0.273. The molecule has 3 rings (SSSR count). The third-order valence-electron chi connectivity index (χ3n) is 4.43. The van der Waals surface area contributed by atoms with Crippen LogP contribution in [0.2, 0.25) is 5.02 Å². The van der Waals surface area contributed by atoms with Gasteiger partial charge in [-0.15, -0.1) is 0 Å². The molecule has 0 aliphatic heterocycles. The summed E-state index contributed by atoms with van der Waals surface area (Å²) >= 11 is 5.89. The van der Waals surface area contributed by atoms with Crippen molar-refractivity contribution >= 4 is 17.6 Å². The molecule has 0 fully saturated rings. The van der Waals surface area contributed by atoms with E-state index in [1.807, 2.05) is 36.0 Å². The van der Waals surface area contributed by atoms with Gasteiger partial charge in [0.15, 0.2) is 5.96 Å². The van der Waals surface area contributed by atoms with Gasteiger partial charge in [0.1, 0.15) is 0 Å². The second-order valence-electron chi connectivity index (χ2n) is 6.58. The first-order valence-corrected chi connectivity index (χ1v) is 10.1. The zero-order valence-electron chi connectivity index (χ0n) is 16.4. The molecular weight excluding hydrogens is 386 g/mol. The van der Waals surface area contributed by atoms with Crippen LogP contribution in [-0.4, -0.2) is 40.5 Å². The number of hydrogen-bond donors (Lipinski definition) is 3. The lowest BCUT2D eigenvalue weighted by Crippen LogP contribution is -2.38. The summed E-state index contributed by atoms with van der Waals surface area (Å²) in [6, 6.07) is 17.4. The average Bonchev–Trinajstić information content (AvgIpc) is 3.28. The topological polar surface area (TPSA) is 74.5 Å². The Bertz CT molecular complexity index is 892. The molecular formula is C22H26ClN5O. The van der Waals surface area contributed by atoms with Crippen LogP contribution < -0.4 is 10.6 Å². The molecule has 29 heavy (non-hydrogen) atoms. The Kier molecular flexibility index (Phi) is 7.67. The van der Waals surface area contributed by atoms with Crippen LogP contribution in [0.15, 0.2) is 72.0 Å². The average molecular weight is 412 g/mol. The van der Waals surface area contributed by atoms with Gasteiger partial charge in [-0.3, -0.25) is 4.99 Å². The van der Waals surface area contributed by atoms with E-state index in [1.54, 1.807) is 18.3 Å². The summed E-state index contributed by atoms with van der Waals surface area (Å²) in [5.41, 5.74) is 3.06. The number of aliphatic imine (C=N–C) groups is 1. The number of nitrogens with zero attached hydrogens (tertiary/aromatic N) is 3. The lowest BCUT2D eigenvalue weighted by molar-refractivity contribution is 0.187. The second-order valence-corrected chi connectivity index (χ2v) is 7.02. The minimum atomic E-state index is -0.669. The first kappa shape index (κ1) is 20.9. The van der Waals surface area contributed by atoms with Gasteiger partial charge in [-0.25, -0.2) is 4.68 Å². The molecule has 1 aromatic heterocycles. The Balaban J connectivity index is 1.50. The monoisotopic (exact) mass is 411 g/mol. The van der Waals surface area contributed by atoms with Crippen molar-refractivity contribution in [3.05, 3.63) is 83.1 Å². The number of benzene rings is 2. The van der Waals surface area contributed by atoms with E-state index in [1.165, 1.54) is 5.56 Å². The summed E-state index contributed by atoms with van der Waals surface area (Å²) in [7, 11) is 0. The smallest absolute Gasteiger partial charge is 0.191 e. The van der Waals surface area contributed by atoms with Crippen molar-refractivity contribution in [1.82, 2.24) is 20.4 Å². The zero-order chi connectivity index (χ0) is 20.5. The number of aromatic nitrogens is 2. The van der Waals surface area contributed by atoms with Gasteiger partial charge in [-0.1, -0.05) is 35.9 Å². The van der Waals surface area contributed by atoms with E-state index < -0.39 is 6.10 Å². The molecule has 0 saturated heterocycles. The van der Waals surface area contributed by atoms with Crippen LogP contribution in [0.3, 0.4) is 0 Å². The molecule has 0 bridgehead atoms. The SMILES string of the molecule is CCNC(=NCC(O)c1ccc(Cl)cc1)NCCc1ccc(-n2cccn2)cc1. The van der Waals surface area contributed by atoms with Crippen molar-refractivity contribution in [1.29, 1.82) is 0 Å². The molecule has 2 aromatic carbocycles. The molecule has 0 aliphatic rings. The number of aliphatic hydroxyl groups is 1. The van der Waals surface area contributed by atoms with Crippen molar-refractivity contribution in [3.8, 4) is 5.69 Å². The molecule has 0 aliphatic carbocycles. The fourth-order valence-corrected chi connectivity index (χ4v) is 3.00. The summed E-state index contributed by atoms with van der Waals surface area (Å²) < 4.78 is 1.84. The van der Waals surface area contributed by atoms with Crippen LogP contribution in [-0.2, 0) is 6.42 Å². The van der Waals surface area contributed by atoms with E-state index in [-0.39, 0.29) is 6.54 Å². The Labute approximate surface area is 176 Å². The maximum absolute atomic E-state index is 10.3. The highest BCUT2D eigenvalue weighted by Gasteiger charge is 2.07. The van der Waals surface area contributed by atoms with Gasteiger partial charge < -0.3 is 15.7 Å². The number of aliphatic hydroxyl groups excluding tert-OH is 1. The lowest BCUT2D eigenvalue weighted by atomic mass is 10.1. The van der Waals surface area contributed by atoms with Crippen molar-refractivity contribution in [2.45, 2.75) is 19.4 Å². The Morgan fingerprint density at radius 1 is 1.14 bits per heavy atom. The molecule has 3 N–H and O–H groups in total. The number of rotatable bonds is 8. The van der Waals surface area contributed by atoms with Gasteiger partial charge in [0.2, 0.25) is 0 Å². The van der Waals surface area contributed by atoms with Crippen LogP contribution in [0, 0.1) is 0 Å². The minimum Gasteiger partial charge on any atom is -0.386 e. The van der Waals surface area contributed by atoms with E-state index in [2.05, 4.69) is 45.0 Å². The first-order valence-electron chi connectivity index (χ1n) is 9.70. The number of guanidine groups is 1. The van der Waals surface area contributed by atoms with E-state index in [9.17, 15) is 5.11 Å². The number of nitrogens with one attached hydrogen (secondary N) is 2. The zero-order valence-corrected chi connectivity index (χ0v) is 17.2. The van der Waals surface area contributed by atoms with Crippen LogP contribution in [0.25, 0.3) is 5.69 Å². The molecule has 0 amide bonds. The highest BCUT2D eigenvalue weighted by Crippen LogP contribution is 2.16. The Morgan fingerprint density at radius 2 is 1.90 bits per heavy atom. The number of halogens is 1. The van der Waals surface area contributed by atoms with Crippen molar-refractivity contribution in [3.63, 3.8) is 0 Å². The third kappa shape index (κ3) is 6.34. The maximum Gasteiger partial charge on any atom is 0.191 e. The largest absolute Gasteiger partial charge is 0.386 e. The molecule has 1 heterocycles. The Hall–Kier alpha value is -2.83. The van der Waals surface area contributed by atoms with E-state index in [0.29, 0.717) is 11.0 Å². The van der Waals surface area contributed by atoms with E-state index >= 15 is 0 Å². The van der Waals surface area contributed by atoms with Crippen LogP contribution in [0.4, 0.5) is 0 Å². The van der Waals surface area contributed by atoms with E-state index in [4.69, 9.17) is 11.6 Å². The van der Waals surface area contributed by atoms with Crippen molar-refractivity contribution in [2.24, 2.45) is 4.99 Å². The Morgan fingerprint density at radius 3 is 2.55 bits per heavy atom. The molecule has 6 nitrogen and oxygen atoms in total. The molecule has 152 valence electrons. The summed E-state index contributed by atoms with van der Waals surface area (Å²) in [5.74, 6) is 0.689. The third-order valence-corrected chi connectivity index (χ3v) is 4.68. The molecule has 0 saturated carbocycles. The maximum atomic E-state index is 10.3. The highest BCUT2D eigenvalue weighted by molar-refractivity contribution is 6.30. The predicted molar refractivity (Wildman–Crippen MR) is 118 cm³/mol.